The van der Waals surface area contributed by atoms with Gasteiger partial charge in [-0.2, -0.15) is 5.26 Å². The van der Waals surface area contributed by atoms with Crippen molar-refractivity contribution in [2.45, 2.75) is 20.8 Å². The van der Waals surface area contributed by atoms with Crippen LogP contribution in [0.1, 0.15) is 22.4 Å². The second kappa shape index (κ2) is 3.36. The minimum Gasteiger partial charge on any atom is -0.253 e. The summed E-state index contributed by atoms with van der Waals surface area (Å²) in [4.78, 5) is 4.45. The molecular formula is C13H12N2. The van der Waals surface area contributed by atoms with Crippen LogP contribution in [0.3, 0.4) is 0 Å². The van der Waals surface area contributed by atoms with E-state index in [1.165, 1.54) is 5.56 Å². The molecule has 0 N–H and O–H groups in total. The molecule has 0 aliphatic heterocycles. The fraction of sp³-hybridized carbons (Fsp3) is 0.231. The Morgan fingerprint density at radius 2 is 1.87 bits per heavy atom. The van der Waals surface area contributed by atoms with E-state index in [4.69, 9.17) is 5.26 Å². The standard InChI is InChI=1S/C13H12N2/c1-8-4-9(2)13-11(7-14)6-10(3)15-12(13)5-8/h4-6H,1-3H3. The van der Waals surface area contributed by atoms with Gasteiger partial charge in [0, 0.05) is 11.1 Å². The molecule has 15 heavy (non-hydrogen) atoms. The molecule has 2 heteroatoms. The van der Waals surface area contributed by atoms with Crippen LogP contribution in [0.25, 0.3) is 10.9 Å². The van der Waals surface area contributed by atoms with E-state index >= 15 is 0 Å². The maximum Gasteiger partial charge on any atom is 0.0999 e. The summed E-state index contributed by atoms with van der Waals surface area (Å²) in [5.41, 5.74) is 4.83. The van der Waals surface area contributed by atoms with E-state index in [1.54, 1.807) is 0 Å². The molecule has 0 spiro atoms. The lowest BCUT2D eigenvalue weighted by Crippen LogP contribution is -1.91. The third kappa shape index (κ3) is 1.57. The molecule has 0 aliphatic rings. The summed E-state index contributed by atoms with van der Waals surface area (Å²) < 4.78 is 0. The van der Waals surface area contributed by atoms with Crippen LogP contribution in [0.4, 0.5) is 0 Å². The number of aromatic nitrogens is 1. The molecule has 0 saturated carbocycles. The van der Waals surface area contributed by atoms with Gasteiger partial charge in [0.15, 0.2) is 0 Å². The highest BCUT2D eigenvalue weighted by Crippen LogP contribution is 2.23. The van der Waals surface area contributed by atoms with E-state index in [-0.39, 0.29) is 0 Å². The van der Waals surface area contributed by atoms with Crippen molar-refractivity contribution in [3.05, 3.63) is 40.6 Å². The second-order valence-electron chi connectivity index (χ2n) is 3.90. The van der Waals surface area contributed by atoms with Crippen molar-refractivity contribution in [1.82, 2.24) is 4.98 Å². The third-order valence-corrected chi connectivity index (χ3v) is 2.50. The Hall–Kier alpha value is -1.88. The van der Waals surface area contributed by atoms with E-state index in [2.05, 4.69) is 17.1 Å². The highest BCUT2D eigenvalue weighted by Gasteiger charge is 2.06. The first kappa shape index (κ1) is 9.67. The first-order valence-electron chi connectivity index (χ1n) is 4.90. The molecule has 0 atom stereocenters. The Kier molecular flexibility index (Phi) is 2.17. The minimum absolute atomic E-state index is 0.718. The Morgan fingerprint density at radius 3 is 2.53 bits per heavy atom. The molecule has 2 nitrogen and oxygen atoms in total. The fourth-order valence-electron chi connectivity index (χ4n) is 1.98. The molecule has 0 radical (unpaired) electrons. The molecule has 1 aromatic heterocycles. The van der Waals surface area contributed by atoms with Gasteiger partial charge in [-0.1, -0.05) is 6.07 Å². The Bertz CT molecular complexity index is 572. The van der Waals surface area contributed by atoms with E-state index in [9.17, 15) is 0 Å². The second-order valence-corrected chi connectivity index (χ2v) is 3.90. The lowest BCUT2D eigenvalue weighted by Gasteiger charge is -2.06. The van der Waals surface area contributed by atoms with E-state index < -0.39 is 0 Å². The monoisotopic (exact) mass is 196 g/mol. The van der Waals surface area contributed by atoms with Gasteiger partial charge in [-0.3, -0.25) is 4.98 Å². The van der Waals surface area contributed by atoms with Crippen LogP contribution in [0.2, 0.25) is 0 Å². The van der Waals surface area contributed by atoms with Crippen molar-refractivity contribution >= 4 is 10.9 Å². The number of fused-ring (bicyclic) bond motifs is 1. The van der Waals surface area contributed by atoms with E-state index in [1.807, 2.05) is 32.9 Å². The summed E-state index contributed by atoms with van der Waals surface area (Å²) in [6.45, 7) is 5.98. The van der Waals surface area contributed by atoms with Crippen molar-refractivity contribution in [2.24, 2.45) is 0 Å². The molecule has 0 unspecified atom stereocenters. The van der Waals surface area contributed by atoms with Gasteiger partial charge in [-0.15, -0.1) is 0 Å². The van der Waals surface area contributed by atoms with Gasteiger partial charge in [-0.05, 0) is 44.0 Å². The molecule has 1 heterocycles. The average molecular weight is 196 g/mol. The zero-order valence-corrected chi connectivity index (χ0v) is 9.13. The number of rotatable bonds is 0. The maximum atomic E-state index is 9.08. The van der Waals surface area contributed by atoms with Gasteiger partial charge in [0.05, 0.1) is 17.1 Å². The van der Waals surface area contributed by atoms with Gasteiger partial charge < -0.3 is 0 Å². The molecule has 0 saturated heterocycles. The van der Waals surface area contributed by atoms with E-state index in [0.717, 1.165) is 27.7 Å². The highest BCUT2D eigenvalue weighted by molar-refractivity contribution is 5.88. The van der Waals surface area contributed by atoms with Crippen LogP contribution in [0.15, 0.2) is 18.2 Å². The van der Waals surface area contributed by atoms with Crippen LogP contribution >= 0.6 is 0 Å². The summed E-state index contributed by atoms with van der Waals surface area (Å²) >= 11 is 0. The highest BCUT2D eigenvalue weighted by atomic mass is 14.7. The zero-order chi connectivity index (χ0) is 11.0. The molecular weight excluding hydrogens is 184 g/mol. The van der Waals surface area contributed by atoms with Crippen LogP contribution in [-0.4, -0.2) is 4.98 Å². The maximum absolute atomic E-state index is 9.08. The van der Waals surface area contributed by atoms with Crippen molar-refractivity contribution in [3.63, 3.8) is 0 Å². The predicted octanol–water partition coefficient (Wildman–Crippen LogP) is 3.03. The van der Waals surface area contributed by atoms with Crippen LogP contribution in [0.5, 0.6) is 0 Å². The molecule has 0 amide bonds. The summed E-state index contributed by atoms with van der Waals surface area (Å²) in [6.07, 6.45) is 0. The largest absolute Gasteiger partial charge is 0.253 e. The van der Waals surface area contributed by atoms with Gasteiger partial charge >= 0.3 is 0 Å². The number of hydrogen-bond donors (Lipinski definition) is 0. The number of hydrogen-bond acceptors (Lipinski definition) is 2. The lowest BCUT2D eigenvalue weighted by molar-refractivity contribution is 1.23. The molecule has 0 bridgehead atoms. The first-order chi connectivity index (χ1) is 7.11. The lowest BCUT2D eigenvalue weighted by atomic mass is 10.0. The third-order valence-electron chi connectivity index (χ3n) is 2.50. The van der Waals surface area contributed by atoms with Crippen molar-refractivity contribution in [3.8, 4) is 6.07 Å². The van der Waals surface area contributed by atoms with Crippen molar-refractivity contribution in [2.75, 3.05) is 0 Å². The summed E-state index contributed by atoms with van der Waals surface area (Å²) in [5.74, 6) is 0. The summed E-state index contributed by atoms with van der Waals surface area (Å²) in [7, 11) is 0. The number of benzene rings is 1. The van der Waals surface area contributed by atoms with Crippen molar-refractivity contribution < 1.29 is 0 Å². The summed E-state index contributed by atoms with van der Waals surface area (Å²) in [5, 5.41) is 10.1. The van der Waals surface area contributed by atoms with Crippen LogP contribution < -0.4 is 0 Å². The Labute approximate surface area is 89.2 Å². The van der Waals surface area contributed by atoms with Crippen LogP contribution in [0, 0.1) is 32.1 Å². The molecule has 0 aliphatic carbocycles. The minimum atomic E-state index is 0.718. The van der Waals surface area contributed by atoms with Gasteiger partial charge in [0.2, 0.25) is 0 Å². The van der Waals surface area contributed by atoms with Gasteiger partial charge in [-0.25, -0.2) is 0 Å². The number of nitriles is 1. The molecule has 2 rings (SSSR count). The first-order valence-corrected chi connectivity index (χ1v) is 4.90. The van der Waals surface area contributed by atoms with E-state index in [0.29, 0.717) is 0 Å². The van der Waals surface area contributed by atoms with Gasteiger partial charge in [0.1, 0.15) is 0 Å². The molecule has 0 fully saturated rings. The van der Waals surface area contributed by atoms with Crippen LogP contribution in [-0.2, 0) is 0 Å². The normalized spacial score (nSPS) is 10.3. The molecule has 2 aromatic rings. The fourth-order valence-corrected chi connectivity index (χ4v) is 1.98. The predicted molar refractivity (Wildman–Crippen MR) is 60.7 cm³/mol. The number of pyridine rings is 1. The Morgan fingerprint density at radius 1 is 1.13 bits per heavy atom. The topological polar surface area (TPSA) is 36.7 Å². The smallest absolute Gasteiger partial charge is 0.0999 e. The molecule has 1 aromatic carbocycles. The Balaban J connectivity index is 2.98. The number of aryl methyl sites for hydroxylation is 3. The molecule has 74 valence electrons. The number of nitrogens with zero attached hydrogens (tertiary/aromatic N) is 2. The summed E-state index contributed by atoms with van der Waals surface area (Å²) in [6, 6.07) is 8.18. The average Bonchev–Trinajstić information content (AvgIpc) is 2.14. The SMILES string of the molecule is Cc1cc(C)c2c(C#N)cc(C)nc2c1. The zero-order valence-electron chi connectivity index (χ0n) is 9.13. The van der Waals surface area contributed by atoms with Gasteiger partial charge in [0.25, 0.3) is 0 Å². The van der Waals surface area contributed by atoms with Crippen molar-refractivity contribution in [1.29, 1.82) is 5.26 Å². The quantitative estimate of drug-likeness (QED) is 0.649.